The predicted molar refractivity (Wildman–Crippen MR) is 97.9 cm³/mol. The minimum atomic E-state index is -2.96. The van der Waals surface area contributed by atoms with Gasteiger partial charge < -0.3 is 10.2 Å². The summed E-state index contributed by atoms with van der Waals surface area (Å²) in [5, 5.41) is 7.38. The van der Waals surface area contributed by atoms with Crippen LogP contribution < -0.4 is 5.32 Å². The standard InChI is InChI=1S/C19H23F2N5O/c20-19(21)13-24(12-15-5-2-1-3-6-15)9-10-25(14-19)18(27)16-11-23-26-8-4-7-22-17(16)26/h1-3,5-6,11,22H,4,7-10,12-14H2. The van der Waals surface area contributed by atoms with Crippen molar-refractivity contribution in [2.45, 2.75) is 25.4 Å². The highest BCUT2D eigenvalue weighted by molar-refractivity contribution is 5.98. The first kappa shape index (κ1) is 17.9. The lowest BCUT2D eigenvalue weighted by Gasteiger charge is -2.24. The molecule has 3 heterocycles. The van der Waals surface area contributed by atoms with Gasteiger partial charge in [-0.25, -0.2) is 13.5 Å². The zero-order valence-corrected chi connectivity index (χ0v) is 15.1. The Balaban J connectivity index is 1.49. The molecule has 6 nitrogen and oxygen atoms in total. The van der Waals surface area contributed by atoms with Crippen LogP contribution in [0.1, 0.15) is 22.3 Å². The number of fused-ring (bicyclic) bond motifs is 1. The number of anilines is 1. The molecule has 1 fully saturated rings. The van der Waals surface area contributed by atoms with Gasteiger partial charge in [-0.1, -0.05) is 30.3 Å². The van der Waals surface area contributed by atoms with Gasteiger partial charge in [0.2, 0.25) is 0 Å². The number of carbonyl (C=O) groups is 1. The first-order chi connectivity index (χ1) is 13.0. The molecule has 0 bridgehead atoms. The van der Waals surface area contributed by atoms with Gasteiger partial charge in [-0.3, -0.25) is 9.69 Å². The number of alkyl halides is 2. The minimum absolute atomic E-state index is 0.270. The number of amides is 1. The molecule has 0 radical (unpaired) electrons. The molecule has 1 saturated heterocycles. The molecule has 1 aromatic carbocycles. The van der Waals surface area contributed by atoms with Gasteiger partial charge in [0.25, 0.3) is 11.8 Å². The molecule has 27 heavy (non-hydrogen) atoms. The highest BCUT2D eigenvalue weighted by Gasteiger charge is 2.39. The molecule has 8 heteroatoms. The van der Waals surface area contributed by atoms with Crippen molar-refractivity contribution in [1.29, 1.82) is 0 Å². The summed E-state index contributed by atoms with van der Waals surface area (Å²) in [6, 6.07) is 9.56. The largest absolute Gasteiger partial charge is 0.370 e. The van der Waals surface area contributed by atoms with Gasteiger partial charge in [0.1, 0.15) is 11.4 Å². The lowest BCUT2D eigenvalue weighted by atomic mass is 10.2. The number of aryl methyl sites for hydroxylation is 1. The number of rotatable bonds is 3. The van der Waals surface area contributed by atoms with Crippen LogP contribution in [-0.4, -0.2) is 64.1 Å². The average molecular weight is 375 g/mol. The predicted octanol–water partition coefficient (Wildman–Crippen LogP) is 2.29. The fourth-order valence-corrected chi connectivity index (χ4v) is 3.73. The van der Waals surface area contributed by atoms with Crippen LogP contribution in [0.5, 0.6) is 0 Å². The van der Waals surface area contributed by atoms with Crippen LogP contribution in [0.3, 0.4) is 0 Å². The highest BCUT2D eigenvalue weighted by Crippen LogP contribution is 2.26. The van der Waals surface area contributed by atoms with Crippen LogP contribution in [0.2, 0.25) is 0 Å². The summed E-state index contributed by atoms with van der Waals surface area (Å²) in [6.07, 6.45) is 2.42. The summed E-state index contributed by atoms with van der Waals surface area (Å²) >= 11 is 0. The number of benzene rings is 1. The van der Waals surface area contributed by atoms with Gasteiger partial charge in [-0.15, -0.1) is 0 Å². The van der Waals surface area contributed by atoms with Gasteiger partial charge in [-0.05, 0) is 12.0 Å². The SMILES string of the molecule is O=C(c1cnn2c1NCCC2)N1CCN(Cc2ccccc2)CC(F)(F)C1. The van der Waals surface area contributed by atoms with Crippen molar-refractivity contribution in [1.82, 2.24) is 19.6 Å². The van der Waals surface area contributed by atoms with Crippen molar-refractivity contribution in [3.8, 4) is 0 Å². The molecular formula is C19H23F2N5O. The van der Waals surface area contributed by atoms with Gasteiger partial charge in [0, 0.05) is 32.7 Å². The zero-order valence-electron chi connectivity index (χ0n) is 15.1. The first-order valence-electron chi connectivity index (χ1n) is 9.25. The Morgan fingerprint density at radius 3 is 2.78 bits per heavy atom. The topological polar surface area (TPSA) is 53.4 Å². The minimum Gasteiger partial charge on any atom is -0.370 e. The molecule has 2 aliphatic heterocycles. The number of hydrogen-bond donors (Lipinski definition) is 1. The van der Waals surface area contributed by atoms with Gasteiger partial charge in [0.05, 0.1) is 19.3 Å². The quantitative estimate of drug-likeness (QED) is 0.895. The molecule has 4 rings (SSSR count). The Morgan fingerprint density at radius 1 is 1.15 bits per heavy atom. The molecule has 0 spiro atoms. The summed E-state index contributed by atoms with van der Waals surface area (Å²) in [5.74, 6) is -2.70. The maximum Gasteiger partial charge on any atom is 0.277 e. The zero-order chi connectivity index (χ0) is 18.9. The molecular weight excluding hydrogens is 352 g/mol. The lowest BCUT2D eigenvalue weighted by Crippen LogP contribution is -2.42. The third-order valence-corrected chi connectivity index (χ3v) is 5.01. The van der Waals surface area contributed by atoms with Crippen LogP contribution in [0.15, 0.2) is 36.5 Å². The maximum atomic E-state index is 14.5. The van der Waals surface area contributed by atoms with Gasteiger partial charge in [0.15, 0.2) is 0 Å². The summed E-state index contributed by atoms with van der Waals surface area (Å²) in [6.45, 7) is 1.70. The van der Waals surface area contributed by atoms with Crippen molar-refractivity contribution in [2.75, 3.05) is 38.0 Å². The van der Waals surface area contributed by atoms with E-state index >= 15 is 0 Å². The molecule has 0 aliphatic carbocycles. The summed E-state index contributed by atoms with van der Waals surface area (Å²) in [4.78, 5) is 15.9. The Morgan fingerprint density at radius 2 is 1.96 bits per heavy atom. The van der Waals surface area contributed by atoms with Crippen LogP contribution in [0.4, 0.5) is 14.6 Å². The van der Waals surface area contributed by atoms with Crippen LogP contribution in [0.25, 0.3) is 0 Å². The maximum absolute atomic E-state index is 14.5. The van der Waals surface area contributed by atoms with Crippen LogP contribution in [-0.2, 0) is 13.1 Å². The third kappa shape index (κ3) is 3.95. The van der Waals surface area contributed by atoms with E-state index in [4.69, 9.17) is 0 Å². The number of nitrogens with one attached hydrogen (secondary N) is 1. The molecule has 2 aromatic rings. The second-order valence-electron chi connectivity index (χ2n) is 7.19. The van der Waals surface area contributed by atoms with Crippen LogP contribution >= 0.6 is 0 Å². The van der Waals surface area contributed by atoms with E-state index in [1.54, 1.807) is 9.58 Å². The van der Waals surface area contributed by atoms with E-state index in [9.17, 15) is 13.6 Å². The molecule has 1 amide bonds. The molecule has 144 valence electrons. The van der Waals surface area contributed by atoms with Crippen molar-refractivity contribution in [3.63, 3.8) is 0 Å². The van der Waals surface area contributed by atoms with E-state index in [1.165, 1.54) is 11.1 Å². The Labute approximate surface area is 156 Å². The molecule has 1 aromatic heterocycles. The Kier molecular flexibility index (Phi) is 4.82. The van der Waals surface area contributed by atoms with Crippen molar-refractivity contribution in [2.24, 2.45) is 0 Å². The smallest absolute Gasteiger partial charge is 0.277 e. The number of carbonyl (C=O) groups excluding carboxylic acids is 1. The van der Waals surface area contributed by atoms with Crippen molar-refractivity contribution in [3.05, 3.63) is 47.7 Å². The molecule has 0 unspecified atom stereocenters. The molecule has 1 N–H and O–H groups in total. The lowest BCUT2D eigenvalue weighted by molar-refractivity contribution is -0.0358. The number of nitrogens with zero attached hydrogens (tertiary/aromatic N) is 4. The summed E-state index contributed by atoms with van der Waals surface area (Å²) < 4.78 is 30.8. The second-order valence-corrected chi connectivity index (χ2v) is 7.19. The van der Waals surface area contributed by atoms with Gasteiger partial charge in [-0.2, -0.15) is 5.10 Å². The Bertz CT molecular complexity index is 808. The highest BCUT2D eigenvalue weighted by atomic mass is 19.3. The first-order valence-corrected chi connectivity index (χ1v) is 9.25. The monoisotopic (exact) mass is 375 g/mol. The van der Waals surface area contributed by atoms with Gasteiger partial charge >= 0.3 is 0 Å². The number of aromatic nitrogens is 2. The second kappa shape index (κ2) is 7.26. The van der Waals surface area contributed by atoms with E-state index in [-0.39, 0.29) is 19.0 Å². The molecule has 0 saturated carbocycles. The normalized spacial score (nSPS) is 19.9. The van der Waals surface area contributed by atoms with Crippen molar-refractivity contribution < 1.29 is 13.6 Å². The fraction of sp³-hybridized carbons (Fsp3) is 0.474. The van der Waals surface area contributed by atoms with E-state index < -0.39 is 12.5 Å². The number of hydrogen-bond acceptors (Lipinski definition) is 4. The van der Waals surface area contributed by atoms with E-state index in [0.717, 1.165) is 25.1 Å². The van der Waals surface area contributed by atoms with Crippen molar-refractivity contribution >= 4 is 11.7 Å². The third-order valence-electron chi connectivity index (χ3n) is 5.01. The average Bonchev–Trinajstić information content (AvgIpc) is 3.02. The van der Waals surface area contributed by atoms with E-state index in [1.807, 2.05) is 30.3 Å². The molecule has 0 atom stereocenters. The van der Waals surface area contributed by atoms with Crippen LogP contribution in [0, 0.1) is 0 Å². The fourth-order valence-electron chi connectivity index (χ4n) is 3.73. The number of halogens is 2. The molecule has 2 aliphatic rings. The Hall–Kier alpha value is -2.48. The summed E-state index contributed by atoms with van der Waals surface area (Å²) in [5.41, 5.74) is 1.37. The van der Waals surface area contributed by atoms with E-state index in [0.29, 0.717) is 24.5 Å². The summed E-state index contributed by atoms with van der Waals surface area (Å²) in [7, 11) is 0. The van der Waals surface area contributed by atoms with E-state index in [2.05, 4.69) is 10.4 Å².